The minimum atomic E-state index is -1.22. The molecule has 0 aliphatic carbocycles. The van der Waals surface area contributed by atoms with Gasteiger partial charge in [0.25, 0.3) is 0 Å². The second kappa shape index (κ2) is 5.94. The van der Waals surface area contributed by atoms with Crippen LogP contribution in [0.15, 0.2) is 15.9 Å². The molecule has 1 rings (SSSR count). The Morgan fingerprint density at radius 2 is 2.06 bits per heavy atom. The summed E-state index contributed by atoms with van der Waals surface area (Å²) in [6.45, 7) is 7.62. The monoisotopic (exact) mass is 351 g/mol. The first-order valence-electron chi connectivity index (χ1n) is 5.57. The van der Waals surface area contributed by atoms with Gasteiger partial charge in [-0.05, 0) is 49.7 Å². The van der Waals surface area contributed by atoms with Crippen LogP contribution in [0.1, 0.15) is 39.0 Å². The first-order chi connectivity index (χ1) is 8.19. The molecule has 0 saturated heterocycles. The van der Waals surface area contributed by atoms with Crippen molar-refractivity contribution in [2.75, 3.05) is 0 Å². The van der Waals surface area contributed by atoms with Crippen molar-refractivity contribution in [3.63, 3.8) is 0 Å². The van der Waals surface area contributed by atoms with Gasteiger partial charge in [-0.15, -0.1) is 11.3 Å². The van der Waals surface area contributed by atoms with E-state index in [4.69, 9.17) is 0 Å². The number of rotatable bonds is 5. The molecule has 0 saturated carbocycles. The van der Waals surface area contributed by atoms with E-state index in [1.807, 2.05) is 39.1 Å². The maximum atomic E-state index is 12.2. The van der Waals surface area contributed by atoms with Crippen LogP contribution < -0.4 is 4.72 Å². The fraction of sp³-hybridized carbons (Fsp3) is 0.583. The normalized spacial score (nSPS) is 17.2. The smallest absolute Gasteiger partial charge is 0.122 e. The highest BCUT2D eigenvalue weighted by atomic mass is 79.9. The molecular formula is C12H18BrNO2S2. The third-order valence-electron chi connectivity index (χ3n) is 2.48. The van der Waals surface area contributed by atoms with E-state index in [1.54, 1.807) is 11.3 Å². The van der Waals surface area contributed by atoms with Gasteiger partial charge in [-0.1, -0.05) is 0 Å². The van der Waals surface area contributed by atoms with Crippen LogP contribution in [-0.2, 0) is 21.3 Å². The highest BCUT2D eigenvalue weighted by molar-refractivity contribution is 9.10. The van der Waals surface area contributed by atoms with Crippen molar-refractivity contribution < 1.29 is 9.00 Å². The summed E-state index contributed by atoms with van der Waals surface area (Å²) in [7, 11) is -1.22. The fourth-order valence-electron chi connectivity index (χ4n) is 1.32. The summed E-state index contributed by atoms with van der Waals surface area (Å²) in [6, 6.07) is 1.96. The molecule has 1 aromatic rings. The molecule has 102 valence electrons. The molecule has 6 heteroatoms. The van der Waals surface area contributed by atoms with Gasteiger partial charge in [0.2, 0.25) is 0 Å². The summed E-state index contributed by atoms with van der Waals surface area (Å²) >= 11 is 4.95. The maximum absolute atomic E-state index is 12.2. The predicted octanol–water partition coefficient (Wildman–Crippen LogP) is 3.37. The molecule has 0 aliphatic heterocycles. The Morgan fingerprint density at radius 3 is 2.44 bits per heavy atom. The highest BCUT2D eigenvalue weighted by Gasteiger charge is 2.33. The van der Waals surface area contributed by atoms with Gasteiger partial charge >= 0.3 is 0 Å². The Balaban J connectivity index is 3.01. The summed E-state index contributed by atoms with van der Waals surface area (Å²) in [5, 5.41) is 1.96. The quantitative estimate of drug-likeness (QED) is 0.826. The first-order valence-corrected chi connectivity index (χ1v) is 8.39. The van der Waals surface area contributed by atoms with Gasteiger partial charge in [0, 0.05) is 21.2 Å². The highest BCUT2D eigenvalue weighted by Crippen LogP contribution is 2.33. The lowest BCUT2D eigenvalue weighted by Gasteiger charge is -2.31. The van der Waals surface area contributed by atoms with Crippen LogP contribution in [0.25, 0.3) is 0 Å². The van der Waals surface area contributed by atoms with E-state index in [1.165, 1.54) is 0 Å². The molecule has 2 atom stereocenters. The average molecular weight is 352 g/mol. The molecule has 0 amide bonds. The molecule has 1 N–H and O–H groups in total. The molecule has 1 heterocycles. The van der Waals surface area contributed by atoms with Crippen LogP contribution in [0.5, 0.6) is 0 Å². The second-order valence-corrected chi connectivity index (χ2v) is 9.11. The van der Waals surface area contributed by atoms with E-state index < -0.39 is 16.5 Å². The lowest BCUT2D eigenvalue weighted by molar-refractivity contribution is -0.108. The molecule has 0 fully saturated rings. The summed E-state index contributed by atoms with van der Waals surface area (Å²) in [5.41, 5.74) is -0.587. The molecule has 3 nitrogen and oxygen atoms in total. The van der Waals surface area contributed by atoms with Crippen molar-refractivity contribution in [2.45, 2.75) is 44.4 Å². The van der Waals surface area contributed by atoms with Crippen molar-refractivity contribution in [1.29, 1.82) is 0 Å². The van der Waals surface area contributed by atoms with Crippen LogP contribution >= 0.6 is 27.3 Å². The number of aldehydes is 1. The number of hydrogen-bond donors (Lipinski definition) is 1. The van der Waals surface area contributed by atoms with E-state index in [2.05, 4.69) is 20.7 Å². The summed E-state index contributed by atoms with van der Waals surface area (Å²) in [4.78, 5) is 11.9. The number of halogens is 1. The van der Waals surface area contributed by atoms with E-state index in [0.29, 0.717) is 6.42 Å². The lowest BCUT2D eigenvalue weighted by atomic mass is 9.98. The van der Waals surface area contributed by atoms with E-state index in [9.17, 15) is 9.00 Å². The van der Waals surface area contributed by atoms with E-state index >= 15 is 0 Å². The van der Waals surface area contributed by atoms with Gasteiger partial charge in [-0.25, -0.2) is 8.93 Å². The summed E-state index contributed by atoms with van der Waals surface area (Å²) < 4.78 is 15.9. The van der Waals surface area contributed by atoms with Gasteiger partial charge in [-0.2, -0.15) is 0 Å². The predicted molar refractivity (Wildman–Crippen MR) is 81.1 cm³/mol. The van der Waals surface area contributed by atoms with Gasteiger partial charge in [-0.3, -0.25) is 0 Å². The Hall–Kier alpha value is -0.0400. The zero-order valence-corrected chi connectivity index (χ0v) is 14.2. The Labute approximate surface area is 123 Å². The van der Waals surface area contributed by atoms with Gasteiger partial charge in [0.1, 0.15) is 6.29 Å². The zero-order chi connectivity index (χ0) is 14.0. The van der Waals surface area contributed by atoms with Crippen LogP contribution in [0, 0.1) is 0 Å². The van der Waals surface area contributed by atoms with E-state index in [-0.39, 0.29) is 4.75 Å². The molecule has 0 radical (unpaired) electrons. The molecule has 0 bridgehead atoms. The van der Waals surface area contributed by atoms with E-state index in [0.717, 1.165) is 15.6 Å². The van der Waals surface area contributed by atoms with Crippen molar-refractivity contribution in [2.24, 2.45) is 0 Å². The second-order valence-electron chi connectivity index (χ2n) is 5.32. The average Bonchev–Trinajstić information content (AvgIpc) is 2.64. The minimum Gasteiger partial charge on any atom is -0.303 e. The van der Waals surface area contributed by atoms with Crippen molar-refractivity contribution in [3.05, 3.63) is 20.8 Å². The number of hydrogen-bond acceptors (Lipinski definition) is 3. The third kappa shape index (κ3) is 3.98. The first kappa shape index (κ1) is 16.0. The Morgan fingerprint density at radius 1 is 1.44 bits per heavy atom. The topological polar surface area (TPSA) is 46.2 Å². The lowest BCUT2D eigenvalue weighted by Crippen LogP contribution is -2.46. The van der Waals surface area contributed by atoms with Crippen molar-refractivity contribution in [1.82, 2.24) is 4.72 Å². The number of nitrogens with one attached hydrogen (secondary N) is 1. The Bertz CT molecular complexity index is 453. The zero-order valence-electron chi connectivity index (χ0n) is 11.0. The summed E-state index contributed by atoms with van der Waals surface area (Å²) in [5.74, 6) is 0. The SMILES string of the molecule is CC(C)(C)[S@@](=O)N[C@@](C)(CC=O)c1cc(Br)cs1. The van der Waals surface area contributed by atoms with Crippen molar-refractivity contribution in [3.8, 4) is 0 Å². The molecular weight excluding hydrogens is 334 g/mol. The summed E-state index contributed by atoms with van der Waals surface area (Å²) in [6.07, 6.45) is 1.16. The molecule has 0 aliphatic rings. The fourth-order valence-corrected chi connectivity index (χ4v) is 3.85. The van der Waals surface area contributed by atoms with Gasteiger partial charge < -0.3 is 4.79 Å². The Kier molecular flexibility index (Phi) is 5.29. The van der Waals surface area contributed by atoms with Crippen LogP contribution in [0.3, 0.4) is 0 Å². The van der Waals surface area contributed by atoms with Crippen LogP contribution in [0.4, 0.5) is 0 Å². The van der Waals surface area contributed by atoms with Crippen molar-refractivity contribution >= 4 is 44.5 Å². The van der Waals surface area contributed by atoms with Crippen LogP contribution in [-0.4, -0.2) is 15.2 Å². The molecule has 0 spiro atoms. The van der Waals surface area contributed by atoms with Gasteiger partial charge in [0.15, 0.2) is 0 Å². The van der Waals surface area contributed by atoms with Gasteiger partial charge in [0.05, 0.1) is 21.3 Å². The molecule has 0 aromatic carbocycles. The number of carbonyl (C=O) groups is 1. The number of carbonyl (C=O) groups excluding carboxylic acids is 1. The maximum Gasteiger partial charge on any atom is 0.122 e. The molecule has 1 aromatic heterocycles. The largest absolute Gasteiger partial charge is 0.303 e. The molecule has 0 unspecified atom stereocenters. The molecule has 18 heavy (non-hydrogen) atoms. The standard InChI is InChI=1S/C12H18BrNO2S2/c1-11(2,3)18(16)14-12(4,5-6-15)10-7-9(13)8-17-10/h6-8,14H,5H2,1-4H3/t12-,18+/m0/s1. The third-order valence-corrected chi connectivity index (χ3v) is 6.18. The van der Waals surface area contributed by atoms with Crippen LogP contribution in [0.2, 0.25) is 0 Å². The number of thiophene rings is 1. The minimum absolute atomic E-state index is 0.293.